The Hall–Kier alpha value is -5.89. The highest BCUT2D eigenvalue weighted by molar-refractivity contribution is 6.12. The number of furan rings is 1. The van der Waals surface area contributed by atoms with Crippen molar-refractivity contribution in [2.24, 2.45) is 0 Å². The molecule has 8 nitrogen and oxygen atoms in total. The van der Waals surface area contributed by atoms with Crippen molar-refractivity contribution in [2.45, 2.75) is 12.5 Å². The zero-order valence-electron chi connectivity index (χ0n) is 24.4. The highest BCUT2D eigenvalue weighted by Crippen LogP contribution is 2.22. The molecule has 5 aromatic rings. The highest BCUT2D eigenvalue weighted by Gasteiger charge is 2.21. The Morgan fingerprint density at radius 2 is 1.53 bits per heavy atom. The number of rotatable bonds is 14. The quantitative estimate of drug-likeness (QED) is 0.107. The molecule has 1 amide bonds. The van der Waals surface area contributed by atoms with Crippen molar-refractivity contribution >= 4 is 35.1 Å². The molecule has 0 aliphatic heterocycles. The van der Waals surface area contributed by atoms with E-state index in [0.29, 0.717) is 29.1 Å². The molecular weight excluding hydrogens is 568 g/mol. The van der Waals surface area contributed by atoms with E-state index in [0.717, 1.165) is 16.8 Å². The summed E-state index contributed by atoms with van der Waals surface area (Å²) in [6, 6.07) is 33.1. The van der Waals surface area contributed by atoms with Crippen LogP contribution in [0.15, 0.2) is 138 Å². The van der Waals surface area contributed by atoms with Crippen LogP contribution in [0.5, 0.6) is 5.75 Å². The lowest BCUT2D eigenvalue weighted by Crippen LogP contribution is -2.33. The minimum atomic E-state index is -1.04. The molecule has 0 spiro atoms. The Kier molecular flexibility index (Phi) is 10.2. The fourth-order valence-corrected chi connectivity index (χ4v) is 4.75. The van der Waals surface area contributed by atoms with Crippen molar-refractivity contribution in [1.82, 2.24) is 0 Å². The number of hydrogen-bond acceptors (Lipinski definition) is 6. The second-order valence-corrected chi connectivity index (χ2v) is 10.2. The largest absolute Gasteiger partial charge is 0.492 e. The first-order valence-electron chi connectivity index (χ1n) is 14.4. The third kappa shape index (κ3) is 8.36. The van der Waals surface area contributed by atoms with E-state index in [9.17, 15) is 19.5 Å². The number of para-hydroxylation sites is 2. The predicted molar refractivity (Wildman–Crippen MR) is 174 cm³/mol. The number of ether oxygens (including phenoxy) is 1. The zero-order valence-corrected chi connectivity index (χ0v) is 24.4. The first-order chi connectivity index (χ1) is 22.0. The maximum Gasteiger partial charge on any atom is 0.326 e. The fraction of sp³-hybridized carbons (Fsp3) is 0.108. The molecule has 45 heavy (non-hydrogen) atoms. The summed E-state index contributed by atoms with van der Waals surface area (Å²) >= 11 is 0. The predicted octanol–water partition coefficient (Wildman–Crippen LogP) is 6.74. The summed E-state index contributed by atoms with van der Waals surface area (Å²) in [6.45, 7) is 0.553. The molecule has 0 saturated carbocycles. The number of benzene rings is 4. The van der Waals surface area contributed by atoms with Gasteiger partial charge in [0.15, 0.2) is 5.78 Å². The van der Waals surface area contributed by atoms with Crippen molar-refractivity contribution in [3.63, 3.8) is 0 Å². The van der Waals surface area contributed by atoms with Gasteiger partial charge in [-0.15, -0.1) is 0 Å². The van der Waals surface area contributed by atoms with E-state index in [-0.39, 0.29) is 24.7 Å². The lowest BCUT2D eigenvalue weighted by Gasteiger charge is -2.21. The Balaban J connectivity index is 1.20. The van der Waals surface area contributed by atoms with Gasteiger partial charge < -0.3 is 24.5 Å². The molecule has 0 unspecified atom stereocenters. The minimum Gasteiger partial charge on any atom is -0.492 e. The Bertz CT molecular complexity index is 1730. The van der Waals surface area contributed by atoms with Crippen LogP contribution in [0.25, 0.3) is 6.08 Å². The van der Waals surface area contributed by atoms with Gasteiger partial charge in [-0.25, -0.2) is 4.79 Å². The molecule has 5 rings (SSSR count). The van der Waals surface area contributed by atoms with Crippen molar-refractivity contribution in [2.75, 3.05) is 23.4 Å². The molecule has 8 heteroatoms. The van der Waals surface area contributed by atoms with Crippen LogP contribution in [-0.4, -0.2) is 42.0 Å². The SMILES string of the molecule is O=C(c1ccccc1)c1ccccc1N[C@@H](Cc1ccc(OCCN(C(=O)C=Cc2ccoc2)c2ccccc2)cc1)C(=O)O. The number of nitrogens with zero attached hydrogens (tertiary/aromatic N) is 1. The molecular formula is C37H32N2O6. The molecule has 0 bridgehead atoms. The molecule has 1 aromatic heterocycles. The number of carboxylic acid groups (broad SMARTS) is 1. The molecule has 0 radical (unpaired) electrons. The van der Waals surface area contributed by atoms with Crippen molar-refractivity contribution < 1.29 is 28.6 Å². The number of nitrogens with one attached hydrogen (secondary N) is 1. The summed E-state index contributed by atoms with van der Waals surface area (Å²) in [5.41, 5.74) is 3.70. The summed E-state index contributed by atoms with van der Waals surface area (Å²) in [4.78, 5) is 40.0. The standard InChI is InChI=1S/C37H32N2O6/c40-35(20-17-28-21-23-44-26-28)39(30-11-5-2-6-12-30)22-24-45-31-18-15-27(16-19-31)25-34(37(42)43)38-33-14-8-7-13-32(33)36(41)29-9-3-1-4-10-29/h1-21,23,26,34,38H,22,24-25H2,(H,42,43)/t34-/m0/s1. The van der Waals surface area contributed by atoms with Crippen LogP contribution in [0.4, 0.5) is 11.4 Å². The molecule has 4 aromatic carbocycles. The third-order valence-electron chi connectivity index (χ3n) is 7.08. The maximum atomic E-state index is 13.1. The number of amides is 1. The first-order valence-corrected chi connectivity index (χ1v) is 14.4. The molecule has 1 atom stereocenters. The van der Waals surface area contributed by atoms with E-state index < -0.39 is 12.0 Å². The summed E-state index contributed by atoms with van der Waals surface area (Å²) < 4.78 is 11.0. The van der Waals surface area contributed by atoms with Crippen LogP contribution in [-0.2, 0) is 16.0 Å². The average Bonchev–Trinajstić information content (AvgIpc) is 3.61. The molecule has 2 N–H and O–H groups in total. The number of anilines is 2. The Morgan fingerprint density at radius 3 is 2.22 bits per heavy atom. The lowest BCUT2D eigenvalue weighted by atomic mass is 10.00. The highest BCUT2D eigenvalue weighted by atomic mass is 16.5. The van der Waals surface area contributed by atoms with E-state index in [1.54, 1.807) is 90.2 Å². The van der Waals surface area contributed by atoms with Gasteiger partial charge in [-0.2, -0.15) is 0 Å². The molecule has 0 fully saturated rings. The Morgan fingerprint density at radius 1 is 0.844 bits per heavy atom. The van der Waals surface area contributed by atoms with Gasteiger partial charge in [-0.05, 0) is 54.1 Å². The number of carboxylic acids is 1. The van der Waals surface area contributed by atoms with Gasteiger partial charge in [0.05, 0.1) is 19.1 Å². The summed E-state index contributed by atoms with van der Waals surface area (Å²) in [5.74, 6) is -0.831. The van der Waals surface area contributed by atoms with Crippen LogP contribution < -0.4 is 15.0 Å². The topological polar surface area (TPSA) is 109 Å². The smallest absolute Gasteiger partial charge is 0.326 e. The second kappa shape index (κ2) is 15.0. The van der Waals surface area contributed by atoms with Crippen LogP contribution in [0, 0.1) is 0 Å². The zero-order chi connectivity index (χ0) is 31.4. The van der Waals surface area contributed by atoms with Gasteiger partial charge >= 0.3 is 5.97 Å². The van der Waals surface area contributed by atoms with Crippen molar-refractivity contribution in [3.8, 4) is 5.75 Å². The van der Waals surface area contributed by atoms with E-state index in [4.69, 9.17) is 9.15 Å². The van der Waals surface area contributed by atoms with E-state index >= 15 is 0 Å². The molecule has 226 valence electrons. The molecule has 0 saturated heterocycles. The van der Waals surface area contributed by atoms with Gasteiger partial charge in [0.2, 0.25) is 0 Å². The number of hydrogen-bond donors (Lipinski definition) is 2. The molecule has 1 heterocycles. The van der Waals surface area contributed by atoms with Crippen LogP contribution in [0.3, 0.4) is 0 Å². The third-order valence-corrected chi connectivity index (χ3v) is 7.08. The second-order valence-electron chi connectivity index (χ2n) is 10.2. The minimum absolute atomic E-state index is 0.183. The van der Waals surface area contributed by atoms with Crippen molar-refractivity contribution in [3.05, 3.63) is 156 Å². The van der Waals surface area contributed by atoms with Crippen LogP contribution in [0.1, 0.15) is 27.0 Å². The lowest BCUT2D eigenvalue weighted by molar-refractivity contribution is -0.137. The average molecular weight is 601 g/mol. The van der Waals surface area contributed by atoms with Gasteiger partial charge in [-0.1, -0.05) is 72.8 Å². The van der Waals surface area contributed by atoms with E-state index in [2.05, 4.69) is 5.32 Å². The van der Waals surface area contributed by atoms with Crippen LogP contribution >= 0.6 is 0 Å². The Labute approximate surface area is 261 Å². The monoisotopic (exact) mass is 600 g/mol. The number of carbonyl (C=O) groups is 3. The van der Waals surface area contributed by atoms with Gasteiger partial charge in [0.1, 0.15) is 18.4 Å². The van der Waals surface area contributed by atoms with Crippen LogP contribution in [0.2, 0.25) is 0 Å². The normalized spacial score (nSPS) is 11.6. The summed E-state index contributed by atoms with van der Waals surface area (Å²) in [5, 5.41) is 13.0. The first kappa shape index (κ1) is 30.6. The maximum absolute atomic E-state index is 13.1. The van der Waals surface area contributed by atoms with Gasteiger partial charge in [0.25, 0.3) is 5.91 Å². The fourth-order valence-electron chi connectivity index (χ4n) is 4.75. The summed E-state index contributed by atoms with van der Waals surface area (Å²) in [7, 11) is 0. The van der Waals surface area contributed by atoms with Gasteiger partial charge in [-0.3, -0.25) is 9.59 Å². The number of aliphatic carboxylic acids is 1. The van der Waals surface area contributed by atoms with E-state index in [1.165, 1.54) is 6.08 Å². The summed E-state index contributed by atoms with van der Waals surface area (Å²) in [6.07, 6.45) is 6.48. The number of ketones is 1. The number of carbonyl (C=O) groups excluding carboxylic acids is 2. The molecule has 0 aliphatic rings. The molecule has 0 aliphatic carbocycles. The van der Waals surface area contributed by atoms with Crippen molar-refractivity contribution in [1.29, 1.82) is 0 Å². The van der Waals surface area contributed by atoms with Gasteiger partial charge in [0, 0.05) is 40.6 Å². The van der Waals surface area contributed by atoms with E-state index in [1.807, 2.05) is 48.5 Å².